The summed E-state index contributed by atoms with van der Waals surface area (Å²) in [5.41, 5.74) is 1.21. The van der Waals surface area contributed by atoms with E-state index in [2.05, 4.69) is 11.0 Å². The van der Waals surface area contributed by atoms with E-state index in [1.807, 2.05) is 23.1 Å². The fourth-order valence-corrected chi connectivity index (χ4v) is 4.20. The molecule has 1 aromatic carbocycles. The zero-order chi connectivity index (χ0) is 18.5. The monoisotopic (exact) mass is 378 g/mol. The van der Waals surface area contributed by atoms with Crippen molar-refractivity contribution in [3.63, 3.8) is 0 Å². The Morgan fingerprint density at radius 1 is 1.08 bits per heavy atom. The number of methoxy groups -OCH3 is 1. The van der Waals surface area contributed by atoms with Crippen molar-refractivity contribution in [2.24, 2.45) is 11.8 Å². The quantitative estimate of drug-likeness (QED) is 0.756. The maximum atomic E-state index is 12.8. The van der Waals surface area contributed by atoms with Gasteiger partial charge >= 0.3 is 5.97 Å². The van der Waals surface area contributed by atoms with Crippen molar-refractivity contribution in [2.45, 2.75) is 32.2 Å². The number of hydrogen-bond acceptors (Lipinski definition) is 4. The first-order chi connectivity index (χ1) is 12.6. The van der Waals surface area contributed by atoms with Crippen LogP contribution in [0.2, 0.25) is 5.02 Å². The van der Waals surface area contributed by atoms with Gasteiger partial charge < -0.3 is 9.64 Å². The second-order valence-corrected chi connectivity index (χ2v) is 7.74. The summed E-state index contributed by atoms with van der Waals surface area (Å²) in [4.78, 5) is 28.7. The van der Waals surface area contributed by atoms with E-state index in [9.17, 15) is 9.59 Å². The molecular weight excluding hydrogens is 352 g/mol. The minimum absolute atomic E-state index is 0.0522. The zero-order valence-corrected chi connectivity index (χ0v) is 16.1. The van der Waals surface area contributed by atoms with Crippen LogP contribution in [0.15, 0.2) is 24.3 Å². The lowest BCUT2D eigenvalue weighted by Gasteiger charge is -2.36. The molecule has 0 bridgehead atoms. The molecule has 3 rings (SSSR count). The maximum Gasteiger partial charge on any atom is 0.308 e. The van der Waals surface area contributed by atoms with Crippen molar-refractivity contribution in [2.75, 3.05) is 33.3 Å². The Kier molecular flexibility index (Phi) is 6.54. The summed E-state index contributed by atoms with van der Waals surface area (Å²) >= 11 is 6.05. The number of nitrogens with zero attached hydrogens (tertiary/aromatic N) is 2. The maximum absolute atomic E-state index is 12.8. The number of piperidine rings is 2. The first-order valence-electron chi connectivity index (χ1n) is 9.40. The fraction of sp³-hybridized carbons (Fsp3) is 0.600. The van der Waals surface area contributed by atoms with Gasteiger partial charge in [-0.1, -0.05) is 23.7 Å². The van der Waals surface area contributed by atoms with E-state index < -0.39 is 0 Å². The van der Waals surface area contributed by atoms with Crippen LogP contribution < -0.4 is 0 Å². The fourth-order valence-electron chi connectivity index (χ4n) is 3.99. The Balaban J connectivity index is 1.44. The molecular formula is C20H27ClN2O3. The molecule has 2 fully saturated rings. The Morgan fingerprint density at radius 2 is 1.73 bits per heavy atom. The Hall–Kier alpha value is -1.59. The topological polar surface area (TPSA) is 49.9 Å². The van der Waals surface area contributed by atoms with Crippen molar-refractivity contribution in [3.05, 3.63) is 34.9 Å². The largest absolute Gasteiger partial charge is 0.469 e. The molecule has 2 aliphatic rings. The summed E-state index contributed by atoms with van der Waals surface area (Å²) in [6.07, 6.45) is 3.23. The van der Waals surface area contributed by atoms with Gasteiger partial charge in [0.2, 0.25) is 5.91 Å². The average Bonchev–Trinajstić information content (AvgIpc) is 2.67. The minimum atomic E-state index is -0.147. The summed E-state index contributed by atoms with van der Waals surface area (Å²) < 4.78 is 4.81. The molecule has 0 spiro atoms. The molecule has 1 amide bonds. The highest BCUT2D eigenvalue weighted by molar-refractivity contribution is 6.30. The lowest BCUT2D eigenvalue weighted by Crippen LogP contribution is -2.46. The van der Waals surface area contributed by atoms with Crippen LogP contribution in [0.4, 0.5) is 0 Å². The lowest BCUT2D eigenvalue weighted by atomic mass is 9.92. The molecule has 0 saturated carbocycles. The number of rotatable bonds is 4. The molecule has 0 atom stereocenters. The van der Waals surface area contributed by atoms with Gasteiger partial charge in [-0.05, 0) is 56.5 Å². The lowest BCUT2D eigenvalue weighted by molar-refractivity contribution is -0.150. The Bertz CT molecular complexity index is 636. The number of hydrogen-bond donors (Lipinski definition) is 0. The number of esters is 1. The van der Waals surface area contributed by atoms with Crippen LogP contribution in [0.5, 0.6) is 0 Å². The number of amides is 1. The van der Waals surface area contributed by atoms with Crippen LogP contribution >= 0.6 is 11.6 Å². The molecule has 6 heteroatoms. The number of halogens is 1. The van der Waals surface area contributed by atoms with Gasteiger partial charge in [-0.25, -0.2) is 0 Å². The smallest absolute Gasteiger partial charge is 0.308 e. The van der Waals surface area contributed by atoms with E-state index >= 15 is 0 Å². The number of carbonyl (C=O) groups is 2. The molecule has 0 unspecified atom stereocenters. The number of benzene rings is 1. The second-order valence-electron chi connectivity index (χ2n) is 7.30. The predicted octanol–water partition coefficient (Wildman–Crippen LogP) is 2.96. The number of likely N-dealkylation sites (tertiary alicyclic amines) is 2. The molecule has 0 aromatic heterocycles. The van der Waals surface area contributed by atoms with E-state index in [0.29, 0.717) is 25.9 Å². The molecule has 0 radical (unpaired) electrons. The standard InChI is InChI=1S/C20H27ClN2O3/c1-26-20(25)17-7-11-23(12-8-17)19(24)16-5-9-22(10-6-16)14-15-3-2-4-18(21)13-15/h2-4,13,16-17H,5-12,14H2,1H3. The van der Waals surface area contributed by atoms with E-state index in [1.165, 1.54) is 12.7 Å². The molecule has 142 valence electrons. The van der Waals surface area contributed by atoms with E-state index in [1.54, 1.807) is 0 Å². The van der Waals surface area contributed by atoms with E-state index in [4.69, 9.17) is 16.3 Å². The normalized spacial score (nSPS) is 20.2. The molecule has 2 aliphatic heterocycles. The zero-order valence-electron chi connectivity index (χ0n) is 15.3. The average molecular weight is 379 g/mol. The summed E-state index contributed by atoms with van der Waals surface area (Å²) in [5, 5.41) is 0.767. The highest BCUT2D eigenvalue weighted by Gasteiger charge is 2.32. The molecule has 5 nitrogen and oxygen atoms in total. The molecule has 1 aromatic rings. The number of carbonyl (C=O) groups excluding carboxylic acids is 2. The second kappa shape index (κ2) is 8.87. The van der Waals surface area contributed by atoms with Crippen LogP contribution in [0.25, 0.3) is 0 Å². The third kappa shape index (κ3) is 4.77. The van der Waals surface area contributed by atoms with Crippen molar-refractivity contribution < 1.29 is 14.3 Å². The molecule has 26 heavy (non-hydrogen) atoms. The molecule has 0 N–H and O–H groups in total. The summed E-state index contributed by atoms with van der Waals surface area (Å²) in [6.45, 7) is 4.08. The third-order valence-corrected chi connectivity index (χ3v) is 5.81. The summed E-state index contributed by atoms with van der Waals surface area (Å²) in [5.74, 6) is 0.172. The van der Waals surface area contributed by atoms with Gasteiger partial charge in [0.15, 0.2) is 0 Å². The molecule has 0 aliphatic carbocycles. The van der Waals surface area contributed by atoms with Crippen LogP contribution in [-0.4, -0.2) is 55.0 Å². The molecule has 2 saturated heterocycles. The van der Waals surface area contributed by atoms with Gasteiger partial charge in [0.1, 0.15) is 0 Å². The van der Waals surface area contributed by atoms with Gasteiger partial charge in [0.25, 0.3) is 0 Å². The highest BCUT2D eigenvalue weighted by atomic mass is 35.5. The highest BCUT2D eigenvalue weighted by Crippen LogP contribution is 2.25. The Morgan fingerprint density at radius 3 is 2.35 bits per heavy atom. The SMILES string of the molecule is COC(=O)C1CCN(C(=O)C2CCN(Cc3cccc(Cl)c3)CC2)CC1. The van der Waals surface area contributed by atoms with E-state index in [-0.39, 0.29) is 23.7 Å². The van der Waals surface area contributed by atoms with Gasteiger partial charge in [0.05, 0.1) is 13.0 Å². The van der Waals surface area contributed by atoms with E-state index in [0.717, 1.165) is 37.5 Å². The Labute approximate surface area is 160 Å². The summed E-state index contributed by atoms with van der Waals surface area (Å²) in [7, 11) is 1.43. The van der Waals surface area contributed by atoms with Crippen LogP contribution in [0, 0.1) is 11.8 Å². The predicted molar refractivity (Wildman–Crippen MR) is 101 cm³/mol. The molecule has 2 heterocycles. The first-order valence-corrected chi connectivity index (χ1v) is 9.78. The van der Waals surface area contributed by atoms with Crippen molar-refractivity contribution in [1.29, 1.82) is 0 Å². The number of ether oxygens (including phenoxy) is 1. The van der Waals surface area contributed by atoms with Crippen molar-refractivity contribution >= 4 is 23.5 Å². The van der Waals surface area contributed by atoms with Gasteiger partial charge in [-0.15, -0.1) is 0 Å². The third-order valence-electron chi connectivity index (χ3n) is 5.57. The van der Waals surface area contributed by atoms with Crippen molar-refractivity contribution in [1.82, 2.24) is 9.80 Å². The first kappa shape index (κ1) is 19.2. The van der Waals surface area contributed by atoms with Crippen LogP contribution in [0.3, 0.4) is 0 Å². The van der Waals surface area contributed by atoms with Gasteiger partial charge in [-0.2, -0.15) is 0 Å². The minimum Gasteiger partial charge on any atom is -0.469 e. The van der Waals surface area contributed by atoms with Crippen LogP contribution in [-0.2, 0) is 20.9 Å². The van der Waals surface area contributed by atoms with Crippen LogP contribution in [0.1, 0.15) is 31.2 Å². The summed E-state index contributed by atoms with van der Waals surface area (Å²) in [6, 6.07) is 7.96. The van der Waals surface area contributed by atoms with Crippen molar-refractivity contribution in [3.8, 4) is 0 Å². The van der Waals surface area contributed by atoms with Gasteiger partial charge in [-0.3, -0.25) is 14.5 Å². The van der Waals surface area contributed by atoms with Gasteiger partial charge in [0, 0.05) is 30.6 Å².